The van der Waals surface area contributed by atoms with Crippen LogP contribution < -0.4 is 5.32 Å². The molecule has 88 valence electrons. The molecular weight excluding hydrogens is 206 g/mol. The molecule has 1 aliphatic rings. The van der Waals surface area contributed by atoms with Crippen LogP contribution in [-0.4, -0.2) is 42.1 Å². The molecular formula is C12H17NO3. The molecule has 0 radical (unpaired) electrons. The van der Waals surface area contributed by atoms with Crippen LogP contribution in [0, 0.1) is 0 Å². The molecule has 1 aromatic carbocycles. The average molecular weight is 223 g/mol. The molecule has 1 heterocycles. The minimum Gasteiger partial charge on any atom is -0.389 e. The molecule has 1 saturated heterocycles. The minimum atomic E-state index is -0.547. The molecule has 4 nitrogen and oxygen atoms in total. The third-order valence-electron chi connectivity index (χ3n) is 2.81. The van der Waals surface area contributed by atoms with Crippen LogP contribution in [0.4, 0.5) is 0 Å². The SMILES string of the molecule is OC(CNC1COCC1O)c1ccccc1. The lowest BCUT2D eigenvalue weighted by Crippen LogP contribution is -2.40. The summed E-state index contributed by atoms with van der Waals surface area (Å²) in [4.78, 5) is 0. The van der Waals surface area contributed by atoms with Gasteiger partial charge < -0.3 is 20.3 Å². The predicted octanol–water partition coefficient (Wildman–Crippen LogP) is 0.0693. The molecule has 0 spiro atoms. The van der Waals surface area contributed by atoms with E-state index in [1.54, 1.807) is 0 Å². The highest BCUT2D eigenvalue weighted by molar-refractivity contribution is 5.17. The Kier molecular flexibility index (Phi) is 3.90. The summed E-state index contributed by atoms with van der Waals surface area (Å²) < 4.78 is 5.11. The van der Waals surface area contributed by atoms with Gasteiger partial charge in [0, 0.05) is 6.54 Å². The molecule has 3 atom stereocenters. The molecule has 0 amide bonds. The second-order valence-corrected chi connectivity index (χ2v) is 4.05. The van der Waals surface area contributed by atoms with E-state index < -0.39 is 12.2 Å². The first-order valence-corrected chi connectivity index (χ1v) is 5.49. The van der Waals surface area contributed by atoms with Crippen LogP contribution in [0.5, 0.6) is 0 Å². The largest absolute Gasteiger partial charge is 0.389 e. The normalized spacial score (nSPS) is 26.9. The van der Waals surface area contributed by atoms with Crippen molar-refractivity contribution in [3.63, 3.8) is 0 Å². The molecule has 0 aromatic heterocycles. The zero-order chi connectivity index (χ0) is 11.4. The van der Waals surface area contributed by atoms with Crippen molar-refractivity contribution in [1.82, 2.24) is 5.32 Å². The molecule has 16 heavy (non-hydrogen) atoms. The molecule has 0 bridgehead atoms. The molecule has 1 aromatic rings. The number of nitrogens with one attached hydrogen (secondary N) is 1. The summed E-state index contributed by atoms with van der Waals surface area (Å²) in [6.45, 7) is 1.30. The third kappa shape index (κ3) is 2.80. The van der Waals surface area contributed by atoms with Crippen molar-refractivity contribution >= 4 is 0 Å². The predicted molar refractivity (Wildman–Crippen MR) is 60.0 cm³/mol. The van der Waals surface area contributed by atoms with E-state index in [0.717, 1.165) is 5.56 Å². The van der Waals surface area contributed by atoms with Crippen LogP contribution in [0.25, 0.3) is 0 Å². The van der Waals surface area contributed by atoms with E-state index in [1.807, 2.05) is 30.3 Å². The smallest absolute Gasteiger partial charge is 0.0948 e. The number of aliphatic hydroxyl groups excluding tert-OH is 2. The Balaban J connectivity index is 1.82. The summed E-state index contributed by atoms with van der Waals surface area (Å²) in [6, 6.07) is 9.40. The van der Waals surface area contributed by atoms with Gasteiger partial charge in [-0.15, -0.1) is 0 Å². The van der Waals surface area contributed by atoms with Gasteiger partial charge in [0.2, 0.25) is 0 Å². The van der Waals surface area contributed by atoms with Crippen molar-refractivity contribution < 1.29 is 14.9 Å². The first-order valence-electron chi connectivity index (χ1n) is 5.49. The first-order chi connectivity index (χ1) is 7.77. The van der Waals surface area contributed by atoms with Crippen molar-refractivity contribution in [3.05, 3.63) is 35.9 Å². The van der Waals surface area contributed by atoms with Gasteiger partial charge in [0.1, 0.15) is 0 Å². The summed E-state index contributed by atoms with van der Waals surface area (Å²) in [6.07, 6.45) is -1.02. The van der Waals surface area contributed by atoms with Crippen molar-refractivity contribution in [3.8, 4) is 0 Å². The third-order valence-corrected chi connectivity index (χ3v) is 2.81. The summed E-state index contributed by atoms with van der Waals surface area (Å²) >= 11 is 0. The lowest BCUT2D eigenvalue weighted by atomic mass is 10.1. The van der Waals surface area contributed by atoms with Gasteiger partial charge in [-0.05, 0) is 5.56 Å². The van der Waals surface area contributed by atoms with Gasteiger partial charge in [-0.25, -0.2) is 0 Å². The molecule has 4 heteroatoms. The number of ether oxygens (including phenoxy) is 1. The lowest BCUT2D eigenvalue weighted by Gasteiger charge is -2.17. The van der Waals surface area contributed by atoms with E-state index in [0.29, 0.717) is 19.8 Å². The Hall–Kier alpha value is -0.940. The summed E-state index contributed by atoms with van der Waals surface area (Å²) in [5.41, 5.74) is 0.878. The van der Waals surface area contributed by atoms with Crippen LogP contribution >= 0.6 is 0 Å². The number of hydrogen-bond acceptors (Lipinski definition) is 4. The van der Waals surface area contributed by atoms with Crippen molar-refractivity contribution in [2.45, 2.75) is 18.2 Å². The summed E-state index contributed by atoms with van der Waals surface area (Å²) in [5, 5.41) is 22.5. The number of benzene rings is 1. The Labute approximate surface area is 94.9 Å². The van der Waals surface area contributed by atoms with Crippen LogP contribution in [0.3, 0.4) is 0 Å². The standard InChI is InChI=1S/C12H17NO3/c14-11(9-4-2-1-3-5-9)6-13-10-7-16-8-12(10)15/h1-5,10-15H,6-8H2. The monoisotopic (exact) mass is 223 g/mol. The fourth-order valence-corrected chi connectivity index (χ4v) is 1.79. The van der Waals surface area contributed by atoms with Crippen LogP contribution in [0.15, 0.2) is 30.3 Å². The Bertz CT molecular complexity index is 317. The molecule has 3 N–H and O–H groups in total. The van der Waals surface area contributed by atoms with E-state index >= 15 is 0 Å². The van der Waals surface area contributed by atoms with E-state index in [9.17, 15) is 10.2 Å². The van der Waals surface area contributed by atoms with Gasteiger partial charge in [-0.2, -0.15) is 0 Å². The second-order valence-electron chi connectivity index (χ2n) is 4.05. The van der Waals surface area contributed by atoms with Crippen molar-refractivity contribution in [2.24, 2.45) is 0 Å². The van der Waals surface area contributed by atoms with E-state index in [4.69, 9.17) is 4.74 Å². The Morgan fingerprint density at radius 1 is 1.31 bits per heavy atom. The number of rotatable bonds is 4. The highest BCUT2D eigenvalue weighted by Crippen LogP contribution is 2.12. The average Bonchev–Trinajstić information content (AvgIpc) is 2.73. The zero-order valence-electron chi connectivity index (χ0n) is 9.04. The fourth-order valence-electron chi connectivity index (χ4n) is 1.79. The van der Waals surface area contributed by atoms with E-state index in [1.165, 1.54) is 0 Å². The lowest BCUT2D eigenvalue weighted by molar-refractivity contribution is 0.118. The second kappa shape index (κ2) is 5.41. The Morgan fingerprint density at radius 2 is 2.06 bits per heavy atom. The van der Waals surface area contributed by atoms with Gasteiger partial charge in [-0.3, -0.25) is 0 Å². The topological polar surface area (TPSA) is 61.7 Å². The molecule has 3 unspecified atom stereocenters. The maximum absolute atomic E-state index is 9.88. The van der Waals surface area contributed by atoms with Gasteiger partial charge in [0.05, 0.1) is 31.5 Å². The minimum absolute atomic E-state index is 0.0710. The van der Waals surface area contributed by atoms with Gasteiger partial charge >= 0.3 is 0 Å². The molecule has 1 fully saturated rings. The van der Waals surface area contributed by atoms with Crippen LogP contribution in [0.2, 0.25) is 0 Å². The van der Waals surface area contributed by atoms with Crippen LogP contribution in [0.1, 0.15) is 11.7 Å². The van der Waals surface area contributed by atoms with Gasteiger partial charge in [-0.1, -0.05) is 30.3 Å². The van der Waals surface area contributed by atoms with Crippen molar-refractivity contribution in [1.29, 1.82) is 0 Å². The molecule has 0 saturated carbocycles. The summed E-state index contributed by atoms with van der Waals surface area (Å²) in [5.74, 6) is 0. The molecule has 2 rings (SSSR count). The first kappa shape index (κ1) is 11.5. The maximum Gasteiger partial charge on any atom is 0.0948 e. The highest BCUT2D eigenvalue weighted by atomic mass is 16.5. The Morgan fingerprint density at radius 3 is 2.69 bits per heavy atom. The highest BCUT2D eigenvalue weighted by Gasteiger charge is 2.26. The fraction of sp³-hybridized carbons (Fsp3) is 0.500. The van der Waals surface area contributed by atoms with E-state index in [2.05, 4.69) is 5.32 Å². The van der Waals surface area contributed by atoms with Gasteiger partial charge in [0.25, 0.3) is 0 Å². The molecule has 1 aliphatic heterocycles. The van der Waals surface area contributed by atoms with Crippen LogP contribution in [-0.2, 0) is 4.74 Å². The summed E-state index contributed by atoms with van der Waals surface area (Å²) in [7, 11) is 0. The molecule has 0 aliphatic carbocycles. The zero-order valence-corrected chi connectivity index (χ0v) is 9.04. The number of aliphatic hydroxyl groups is 2. The maximum atomic E-state index is 9.88. The quantitative estimate of drug-likeness (QED) is 0.676. The number of hydrogen-bond donors (Lipinski definition) is 3. The van der Waals surface area contributed by atoms with Gasteiger partial charge in [0.15, 0.2) is 0 Å². The van der Waals surface area contributed by atoms with Crippen molar-refractivity contribution in [2.75, 3.05) is 19.8 Å². The van der Waals surface area contributed by atoms with E-state index in [-0.39, 0.29) is 6.04 Å².